The Morgan fingerprint density at radius 3 is 2.96 bits per heavy atom. The molecule has 0 spiro atoms. The van der Waals surface area contributed by atoms with Crippen molar-refractivity contribution in [1.82, 2.24) is 10.2 Å². The zero-order chi connectivity index (χ0) is 18.6. The highest BCUT2D eigenvalue weighted by molar-refractivity contribution is 5.96. The van der Waals surface area contributed by atoms with Crippen LogP contribution in [0.4, 0.5) is 11.4 Å². The monoisotopic (exact) mass is 362 g/mol. The van der Waals surface area contributed by atoms with Gasteiger partial charge in [0.05, 0.1) is 0 Å². The van der Waals surface area contributed by atoms with E-state index >= 15 is 0 Å². The minimum absolute atomic E-state index is 0.0279. The summed E-state index contributed by atoms with van der Waals surface area (Å²) in [6, 6.07) is 15.0. The number of carbonyl (C=O) groups is 2. The van der Waals surface area contributed by atoms with Crippen LogP contribution in [0, 0.1) is 5.92 Å². The summed E-state index contributed by atoms with van der Waals surface area (Å²) in [6.45, 7) is 0. The van der Waals surface area contributed by atoms with Crippen molar-refractivity contribution in [2.24, 2.45) is 5.92 Å². The van der Waals surface area contributed by atoms with Crippen LogP contribution in [0.1, 0.15) is 18.4 Å². The van der Waals surface area contributed by atoms with Crippen LogP contribution >= 0.6 is 0 Å². The number of aromatic nitrogens is 2. The molecule has 2 heterocycles. The normalized spacial score (nSPS) is 15.7. The van der Waals surface area contributed by atoms with Gasteiger partial charge in [-0.1, -0.05) is 24.3 Å². The first kappa shape index (κ1) is 17.0. The summed E-state index contributed by atoms with van der Waals surface area (Å²) in [7, 11) is 0. The molecule has 0 aliphatic carbocycles. The lowest BCUT2D eigenvalue weighted by molar-refractivity contribution is -0.121. The Morgan fingerprint density at radius 2 is 2.11 bits per heavy atom. The van der Waals surface area contributed by atoms with E-state index in [1.54, 1.807) is 18.2 Å². The molecule has 2 amide bonds. The van der Waals surface area contributed by atoms with Gasteiger partial charge >= 0.3 is 0 Å². The van der Waals surface area contributed by atoms with E-state index in [2.05, 4.69) is 20.8 Å². The SMILES string of the molecule is O=C(CCC1Cc2ccccc2NC1=O)Nc1cccc(-c2nnco2)c1. The number of rotatable bonds is 5. The largest absolute Gasteiger partial charge is 0.423 e. The van der Waals surface area contributed by atoms with Crippen molar-refractivity contribution in [3.63, 3.8) is 0 Å². The number of benzene rings is 2. The number of anilines is 2. The third-order valence-corrected chi connectivity index (χ3v) is 4.59. The molecule has 1 aromatic heterocycles. The van der Waals surface area contributed by atoms with Crippen molar-refractivity contribution < 1.29 is 14.0 Å². The summed E-state index contributed by atoms with van der Waals surface area (Å²) < 4.78 is 5.17. The molecule has 7 nitrogen and oxygen atoms in total. The van der Waals surface area contributed by atoms with Crippen LogP contribution in [0.25, 0.3) is 11.5 Å². The Bertz CT molecular complexity index is 969. The van der Waals surface area contributed by atoms with Gasteiger partial charge in [-0.3, -0.25) is 9.59 Å². The molecule has 2 aromatic carbocycles. The highest BCUT2D eigenvalue weighted by Gasteiger charge is 2.26. The van der Waals surface area contributed by atoms with Crippen LogP contribution in [-0.2, 0) is 16.0 Å². The van der Waals surface area contributed by atoms with Crippen LogP contribution in [0.15, 0.2) is 59.3 Å². The maximum Gasteiger partial charge on any atom is 0.247 e. The van der Waals surface area contributed by atoms with Gasteiger partial charge in [-0.15, -0.1) is 10.2 Å². The second-order valence-corrected chi connectivity index (χ2v) is 6.46. The molecule has 27 heavy (non-hydrogen) atoms. The predicted molar refractivity (Wildman–Crippen MR) is 99.9 cm³/mol. The molecule has 3 aromatic rings. The highest BCUT2D eigenvalue weighted by Crippen LogP contribution is 2.27. The zero-order valence-corrected chi connectivity index (χ0v) is 14.5. The molecule has 0 saturated heterocycles. The summed E-state index contributed by atoms with van der Waals surface area (Å²) in [6.07, 6.45) is 2.68. The first-order valence-corrected chi connectivity index (χ1v) is 8.74. The zero-order valence-electron chi connectivity index (χ0n) is 14.5. The quantitative estimate of drug-likeness (QED) is 0.726. The van der Waals surface area contributed by atoms with E-state index in [0.717, 1.165) is 16.8 Å². The van der Waals surface area contributed by atoms with Crippen LogP contribution < -0.4 is 10.6 Å². The fourth-order valence-electron chi connectivity index (χ4n) is 3.20. The lowest BCUT2D eigenvalue weighted by Crippen LogP contribution is -2.30. The summed E-state index contributed by atoms with van der Waals surface area (Å²) >= 11 is 0. The standard InChI is InChI=1S/C20H18N4O3/c25-18(22-16-6-3-5-15(11-16)20-24-21-12-27-20)9-8-14-10-13-4-1-2-7-17(13)23-19(14)26/h1-7,11-12,14H,8-10H2,(H,22,25)(H,23,26). The molecule has 136 valence electrons. The lowest BCUT2D eigenvalue weighted by atomic mass is 9.89. The second-order valence-electron chi connectivity index (χ2n) is 6.46. The summed E-state index contributed by atoms with van der Waals surface area (Å²) in [5, 5.41) is 13.3. The highest BCUT2D eigenvalue weighted by atomic mass is 16.4. The van der Waals surface area contributed by atoms with E-state index < -0.39 is 0 Å². The van der Waals surface area contributed by atoms with Gasteiger partial charge in [0.1, 0.15) is 0 Å². The number of nitrogens with zero attached hydrogens (tertiary/aromatic N) is 2. The van der Waals surface area contributed by atoms with E-state index in [1.807, 2.05) is 30.3 Å². The summed E-state index contributed by atoms with van der Waals surface area (Å²) in [5.74, 6) is 0.0308. The number of para-hydroxylation sites is 1. The number of nitrogens with one attached hydrogen (secondary N) is 2. The van der Waals surface area contributed by atoms with Gasteiger partial charge in [-0.25, -0.2) is 0 Å². The van der Waals surface area contributed by atoms with Crippen LogP contribution in [0.5, 0.6) is 0 Å². The van der Waals surface area contributed by atoms with Crippen molar-refractivity contribution in [2.75, 3.05) is 10.6 Å². The van der Waals surface area contributed by atoms with Gasteiger partial charge in [0.25, 0.3) is 0 Å². The minimum Gasteiger partial charge on any atom is -0.423 e. The molecule has 1 aliphatic heterocycles. The molecule has 0 bridgehead atoms. The second kappa shape index (κ2) is 7.41. The van der Waals surface area contributed by atoms with E-state index in [-0.39, 0.29) is 24.2 Å². The van der Waals surface area contributed by atoms with E-state index in [4.69, 9.17) is 4.42 Å². The van der Waals surface area contributed by atoms with Gasteiger partial charge in [-0.05, 0) is 42.7 Å². The van der Waals surface area contributed by atoms with Crippen molar-refractivity contribution in [1.29, 1.82) is 0 Å². The van der Waals surface area contributed by atoms with E-state index in [9.17, 15) is 9.59 Å². The van der Waals surface area contributed by atoms with Crippen LogP contribution in [-0.4, -0.2) is 22.0 Å². The molecule has 1 aliphatic rings. The van der Waals surface area contributed by atoms with E-state index in [1.165, 1.54) is 6.39 Å². The Morgan fingerprint density at radius 1 is 1.22 bits per heavy atom. The number of carbonyl (C=O) groups excluding carboxylic acids is 2. The fourth-order valence-corrected chi connectivity index (χ4v) is 3.20. The third-order valence-electron chi connectivity index (χ3n) is 4.59. The predicted octanol–water partition coefficient (Wildman–Crippen LogP) is 3.27. The van der Waals surface area contributed by atoms with Crippen LogP contribution in [0.3, 0.4) is 0 Å². The lowest BCUT2D eigenvalue weighted by Gasteiger charge is -2.24. The first-order chi connectivity index (χ1) is 13.2. The Labute approximate surface area is 155 Å². The molecule has 2 N–H and O–H groups in total. The van der Waals surface area contributed by atoms with Gasteiger partial charge in [-0.2, -0.15) is 0 Å². The first-order valence-electron chi connectivity index (χ1n) is 8.74. The maximum absolute atomic E-state index is 12.3. The average Bonchev–Trinajstić information content (AvgIpc) is 3.21. The topological polar surface area (TPSA) is 97.1 Å². The molecule has 4 rings (SSSR count). The smallest absolute Gasteiger partial charge is 0.247 e. The molecule has 1 unspecified atom stereocenters. The van der Waals surface area contributed by atoms with Gasteiger partial charge in [0, 0.05) is 29.3 Å². The average molecular weight is 362 g/mol. The Kier molecular flexibility index (Phi) is 4.65. The Balaban J connectivity index is 1.35. The molecular weight excluding hydrogens is 344 g/mol. The minimum atomic E-state index is -0.199. The molecular formula is C20H18N4O3. The summed E-state index contributed by atoms with van der Waals surface area (Å²) in [4.78, 5) is 24.5. The molecule has 7 heteroatoms. The molecule has 0 saturated carbocycles. The van der Waals surface area contributed by atoms with Crippen molar-refractivity contribution in [2.45, 2.75) is 19.3 Å². The number of fused-ring (bicyclic) bond motifs is 1. The number of hydrogen-bond donors (Lipinski definition) is 2. The van der Waals surface area contributed by atoms with E-state index in [0.29, 0.717) is 24.4 Å². The summed E-state index contributed by atoms with van der Waals surface area (Å²) in [5.41, 5.74) is 3.35. The van der Waals surface area contributed by atoms with Crippen molar-refractivity contribution in [3.05, 3.63) is 60.5 Å². The van der Waals surface area contributed by atoms with Crippen molar-refractivity contribution >= 4 is 23.2 Å². The fraction of sp³-hybridized carbons (Fsp3) is 0.200. The van der Waals surface area contributed by atoms with Crippen LogP contribution in [0.2, 0.25) is 0 Å². The van der Waals surface area contributed by atoms with Gasteiger partial charge < -0.3 is 15.1 Å². The number of hydrogen-bond acceptors (Lipinski definition) is 5. The number of amides is 2. The molecule has 1 atom stereocenters. The maximum atomic E-state index is 12.3. The van der Waals surface area contributed by atoms with Gasteiger partial charge in [0.2, 0.25) is 24.1 Å². The van der Waals surface area contributed by atoms with Crippen molar-refractivity contribution in [3.8, 4) is 11.5 Å². The molecule has 0 radical (unpaired) electrons. The Hall–Kier alpha value is -3.48. The third kappa shape index (κ3) is 3.87. The van der Waals surface area contributed by atoms with Gasteiger partial charge in [0.15, 0.2) is 0 Å². The molecule has 0 fully saturated rings.